The summed E-state index contributed by atoms with van der Waals surface area (Å²) in [5, 5.41) is 0. The van der Waals surface area contributed by atoms with Crippen LogP contribution in [0.3, 0.4) is 0 Å². The van der Waals surface area contributed by atoms with E-state index in [1.54, 1.807) is 0 Å². The van der Waals surface area contributed by atoms with E-state index in [2.05, 4.69) is 12.6 Å². The topological polar surface area (TPSA) is 18.5 Å². The van der Waals surface area contributed by atoms with Gasteiger partial charge in [-0.3, -0.25) is 0 Å². The van der Waals surface area contributed by atoms with Gasteiger partial charge in [0.15, 0.2) is 0 Å². The van der Waals surface area contributed by atoms with Gasteiger partial charge < -0.3 is 9.47 Å². The lowest BCUT2D eigenvalue weighted by Gasteiger charge is -2.04. The van der Waals surface area contributed by atoms with E-state index in [9.17, 15) is 0 Å². The second-order valence-electron chi connectivity index (χ2n) is 1.38. The Balaban J connectivity index is 2.72. The molecule has 0 aliphatic carbocycles. The highest BCUT2D eigenvalue weighted by molar-refractivity contribution is 7.80. The molecule has 2 nitrogen and oxygen atoms in total. The van der Waals surface area contributed by atoms with Gasteiger partial charge in [0.2, 0.25) is 0 Å². The molecule has 0 spiro atoms. The van der Waals surface area contributed by atoms with E-state index >= 15 is 0 Å². The van der Waals surface area contributed by atoms with Crippen molar-refractivity contribution >= 4 is 12.6 Å². The van der Waals surface area contributed by atoms with Crippen molar-refractivity contribution in [2.45, 2.75) is 19.3 Å². The Hall–Kier alpha value is 0.270. The van der Waals surface area contributed by atoms with Gasteiger partial charge in [0.25, 0.3) is 0 Å². The Morgan fingerprint density at radius 3 is 2.62 bits per heavy atom. The average Bonchev–Trinajstić information content (AvgIpc) is 1.66. The molecule has 0 N–H and O–H groups in total. The van der Waals surface area contributed by atoms with Gasteiger partial charge in [-0.05, 0) is 13.8 Å². The molecule has 0 aliphatic heterocycles. The molecule has 0 aliphatic rings. The van der Waals surface area contributed by atoms with Crippen LogP contribution in [0.2, 0.25) is 0 Å². The SMILES string of the molecule is CCOCOC(C)S. The van der Waals surface area contributed by atoms with Crippen molar-refractivity contribution in [1.82, 2.24) is 0 Å². The molecule has 0 saturated heterocycles. The van der Waals surface area contributed by atoms with Crippen LogP contribution < -0.4 is 0 Å². The fourth-order valence-electron chi connectivity index (χ4n) is 0.230. The quantitative estimate of drug-likeness (QED) is 0.356. The van der Waals surface area contributed by atoms with E-state index in [4.69, 9.17) is 9.47 Å². The van der Waals surface area contributed by atoms with E-state index < -0.39 is 0 Å². The molecule has 50 valence electrons. The number of hydrogen-bond donors (Lipinski definition) is 1. The fraction of sp³-hybridized carbons (Fsp3) is 1.00. The van der Waals surface area contributed by atoms with Crippen molar-refractivity contribution in [3.8, 4) is 0 Å². The molecule has 1 atom stereocenters. The Bertz CT molecular complexity index is 47.7. The molecule has 3 heteroatoms. The zero-order chi connectivity index (χ0) is 6.41. The maximum absolute atomic E-state index is 4.92. The van der Waals surface area contributed by atoms with E-state index in [0.29, 0.717) is 13.4 Å². The smallest absolute Gasteiger partial charge is 0.148 e. The zero-order valence-electron chi connectivity index (χ0n) is 5.26. The Labute approximate surface area is 55.6 Å². The molecule has 0 saturated carbocycles. The molecular formula is C5H12O2S. The maximum atomic E-state index is 4.92. The molecular weight excluding hydrogens is 124 g/mol. The highest BCUT2D eigenvalue weighted by atomic mass is 32.1. The van der Waals surface area contributed by atoms with E-state index in [1.807, 2.05) is 13.8 Å². The minimum absolute atomic E-state index is 0.0263. The van der Waals surface area contributed by atoms with Crippen molar-refractivity contribution in [2.75, 3.05) is 13.4 Å². The van der Waals surface area contributed by atoms with Crippen LogP contribution in [0, 0.1) is 0 Å². The minimum atomic E-state index is -0.0263. The largest absolute Gasteiger partial charge is 0.356 e. The molecule has 0 amide bonds. The highest BCUT2D eigenvalue weighted by Crippen LogP contribution is 1.93. The highest BCUT2D eigenvalue weighted by Gasteiger charge is 1.89. The summed E-state index contributed by atoms with van der Waals surface area (Å²) in [5.74, 6) is 0. The second kappa shape index (κ2) is 5.41. The lowest BCUT2D eigenvalue weighted by atomic mass is 10.8. The Morgan fingerprint density at radius 1 is 1.62 bits per heavy atom. The molecule has 8 heavy (non-hydrogen) atoms. The fourth-order valence-corrected chi connectivity index (χ4v) is 0.291. The van der Waals surface area contributed by atoms with Gasteiger partial charge >= 0.3 is 0 Å². The Kier molecular flexibility index (Phi) is 5.59. The van der Waals surface area contributed by atoms with Gasteiger partial charge in [-0.1, -0.05) is 0 Å². The summed E-state index contributed by atoms with van der Waals surface area (Å²) in [6.07, 6.45) is 0. The van der Waals surface area contributed by atoms with Gasteiger partial charge in [-0.2, -0.15) is 0 Å². The predicted molar refractivity (Wildman–Crippen MR) is 36.0 cm³/mol. The first kappa shape index (κ1) is 8.27. The van der Waals surface area contributed by atoms with Crippen LogP contribution in [0.1, 0.15) is 13.8 Å². The first-order valence-corrected chi connectivity index (χ1v) is 3.16. The molecule has 0 aromatic carbocycles. The molecule has 0 aromatic rings. The zero-order valence-corrected chi connectivity index (χ0v) is 6.15. The van der Waals surface area contributed by atoms with Crippen LogP contribution >= 0.6 is 12.6 Å². The van der Waals surface area contributed by atoms with Crippen molar-refractivity contribution in [3.05, 3.63) is 0 Å². The minimum Gasteiger partial charge on any atom is -0.356 e. The van der Waals surface area contributed by atoms with Gasteiger partial charge in [-0.25, -0.2) is 0 Å². The number of rotatable bonds is 4. The summed E-state index contributed by atoms with van der Waals surface area (Å²) < 4.78 is 9.80. The Morgan fingerprint density at radius 2 is 2.25 bits per heavy atom. The van der Waals surface area contributed by atoms with Gasteiger partial charge in [0, 0.05) is 6.61 Å². The van der Waals surface area contributed by atoms with Crippen molar-refractivity contribution in [2.24, 2.45) is 0 Å². The van der Waals surface area contributed by atoms with Gasteiger partial charge in [0.1, 0.15) is 6.79 Å². The van der Waals surface area contributed by atoms with Crippen LogP contribution in [0.5, 0.6) is 0 Å². The summed E-state index contributed by atoms with van der Waals surface area (Å²) in [7, 11) is 0. The standard InChI is InChI=1S/C5H12O2S/c1-3-6-4-7-5(2)8/h5,8H,3-4H2,1-2H3. The first-order valence-electron chi connectivity index (χ1n) is 2.64. The molecule has 0 fully saturated rings. The lowest BCUT2D eigenvalue weighted by molar-refractivity contribution is -0.0542. The van der Waals surface area contributed by atoms with Crippen molar-refractivity contribution in [3.63, 3.8) is 0 Å². The lowest BCUT2D eigenvalue weighted by Crippen LogP contribution is -2.04. The average molecular weight is 136 g/mol. The normalized spacial score (nSPS) is 13.9. The third-order valence-electron chi connectivity index (χ3n) is 0.597. The van der Waals surface area contributed by atoms with Gasteiger partial charge in [-0.15, -0.1) is 12.6 Å². The molecule has 1 unspecified atom stereocenters. The molecule has 0 bridgehead atoms. The van der Waals surface area contributed by atoms with E-state index in [-0.39, 0.29) is 5.44 Å². The summed E-state index contributed by atoms with van der Waals surface area (Å²) in [5.41, 5.74) is -0.0263. The third-order valence-corrected chi connectivity index (χ3v) is 0.746. The number of hydrogen-bond acceptors (Lipinski definition) is 3. The number of thiol groups is 1. The van der Waals surface area contributed by atoms with E-state index in [0.717, 1.165) is 0 Å². The van der Waals surface area contributed by atoms with Crippen LogP contribution in [0.4, 0.5) is 0 Å². The molecule has 0 rings (SSSR count). The van der Waals surface area contributed by atoms with Crippen molar-refractivity contribution in [1.29, 1.82) is 0 Å². The maximum Gasteiger partial charge on any atom is 0.148 e. The second-order valence-corrected chi connectivity index (χ2v) is 2.10. The molecule has 0 aromatic heterocycles. The van der Waals surface area contributed by atoms with Gasteiger partial charge in [0.05, 0.1) is 5.44 Å². The van der Waals surface area contributed by atoms with Crippen molar-refractivity contribution < 1.29 is 9.47 Å². The molecule has 0 heterocycles. The third kappa shape index (κ3) is 6.27. The predicted octanol–water partition coefficient (Wildman–Crippen LogP) is 1.27. The monoisotopic (exact) mass is 136 g/mol. The summed E-state index contributed by atoms with van der Waals surface area (Å²) in [6, 6.07) is 0. The summed E-state index contributed by atoms with van der Waals surface area (Å²) in [4.78, 5) is 0. The van der Waals surface area contributed by atoms with Crippen LogP contribution in [-0.2, 0) is 9.47 Å². The summed E-state index contributed by atoms with van der Waals surface area (Å²) >= 11 is 3.97. The summed E-state index contributed by atoms with van der Waals surface area (Å²) in [6.45, 7) is 4.82. The van der Waals surface area contributed by atoms with Crippen LogP contribution in [0.15, 0.2) is 0 Å². The van der Waals surface area contributed by atoms with E-state index in [1.165, 1.54) is 0 Å². The number of ether oxygens (including phenoxy) is 2. The van der Waals surface area contributed by atoms with Crippen LogP contribution in [0.25, 0.3) is 0 Å². The molecule has 0 radical (unpaired) electrons. The first-order chi connectivity index (χ1) is 3.77. The van der Waals surface area contributed by atoms with Crippen LogP contribution in [-0.4, -0.2) is 18.8 Å².